The Labute approximate surface area is 217 Å². The van der Waals surface area contributed by atoms with Gasteiger partial charge in [0.05, 0.1) is 30.4 Å². The van der Waals surface area contributed by atoms with E-state index in [0.717, 1.165) is 48.9 Å². The van der Waals surface area contributed by atoms with Gasteiger partial charge in [0.25, 0.3) is 0 Å². The molecule has 2 aliphatic rings. The minimum atomic E-state index is 0.121. The largest absolute Gasteiger partial charge is 0.457 e. The molecule has 0 aliphatic carbocycles. The molecule has 8 nitrogen and oxygen atoms in total. The van der Waals surface area contributed by atoms with Crippen LogP contribution < -0.4 is 19.9 Å². The maximum absolute atomic E-state index is 9.26. The van der Waals surface area contributed by atoms with Crippen molar-refractivity contribution in [1.29, 1.82) is 5.26 Å². The van der Waals surface area contributed by atoms with Gasteiger partial charge >= 0.3 is 6.01 Å². The predicted octanol–water partition coefficient (Wildman–Crippen LogP) is 4.07. The molecule has 2 aromatic heterocycles. The fourth-order valence-corrected chi connectivity index (χ4v) is 5.53. The number of hydrogen-bond donors (Lipinski definition) is 1. The van der Waals surface area contributed by atoms with Crippen molar-refractivity contribution < 1.29 is 4.74 Å². The maximum Gasteiger partial charge on any atom is 0.319 e. The number of aryl methyl sites for hydroxylation is 2. The van der Waals surface area contributed by atoms with E-state index < -0.39 is 0 Å². The van der Waals surface area contributed by atoms with E-state index in [1.165, 1.54) is 22.0 Å². The van der Waals surface area contributed by atoms with Crippen molar-refractivity contribution in [3.05, 3.63) is 77.2 Å². The molecule has 1 atom stereocenters. The molecule has 0 bridgehead atoms. The Morgan fingerprint density at radius 3 is 2.76 bits per heavy atom. The van der Waals surface area contributed by atoms with Gasteiger partial charge in [-0.15, -0.1) is 0 Å². The number of aromatic nitrogens is 3. The number of ether oxygens (including phenoxy) is 1. The van der Waals surface area contributed by atoms with Crippen LogP contribution in [-0.2, 0) is 26.7 Å². The van der Waals surface area contributed by atoms with Crippen LogP contribution in [0.25, 0.3) is 10.8 Å². The molecule has 0 radical (unpaired) electrons. The van der Waals surface area contributed by atoms with Crippen LogP contribution in [0.3, 0.4) is 0 Å². The van der Waals surface area contributed by atoms with Crippen molar-refractivity contribution in [2.45, 2.75) is 39.1 Å². The van der Waals surface area contributed by atoms with Crippen LogP contribution in [0, 0.1) is 18.3 Å². The zero-order valence-electron chi connectivity index (χ0n) is 21.3. The molecule has 37 heavy (non-hydrogen) atoms. The first-order valence-corrected chi connectivity index (χ1v) is 12.8. The Morgan fingerprint density at radius 2 is 1.95 bits per heavy atom. The summed E-state index contributed by atoms with van der Waals surface area (Å²) >= 11 is 0. The highest BCUT2D eigenvalue weighted by atomic mass is 16.5. The van der Waals surface area contributed by atoms with Crippen molar-refractivity contribution >= 4 is 22.3 Å². The van der Waals surface area contributed by atoms with Crippen LogP contribution in [0.15, 0.2) is 54.7 Å². The first-order chi connectivity index (χ1) is 18.1. The third-order valence-corrected chi connectivity index (χ3v) is 7.46. The summed E-state index contributed by atoms with van der Waals surface area (Å²) in [5.41, 5.74) is 5.70. The normalized spacial score (nSPS) is 17.2. The van der Waals surface area contributed by atoms with Crippen molar-refractivity contribution in [3.63, 3.8) is 0 Å². The average Bonchev–Trinajstić information content (AvgIpc) is 3.53. The number of rotatable bonds is 6. The summed E-state index contributed by atoms with van der Waals surface area (Å²) in [6.07, 6.45) is 2.48. The maximum atomic E-state index is 9.26. The van der Waals surface area contributed by atoms with Gasteiger partial charge in [0, 0.05) is 62.1 Å². The van der Waals surface area contributed by atoms with Crippen LogP contribution in [0.2, 0.25) is 0 Å². The molecule has 188 valence electrons. The summed E-state index contributed by atoms with van der Waals surface area (Å²) in [5.74, 6) is 0.927. The summed E-state index contributed by atoms with van der Waals surface area (Å²) in [7, 11) is 2.01. The van der Waals surface area contributed by atoms with Gasteiger partial charge in [-0.1, -0.05) is 30.3 Å². The number of nitrogens with zero attached hydrogens (tertiary/aromatic N) is 6. The van der Waals surface area contributed by atoms with Gasteiger partial charge in [0.15, 0.2) is 0 Å². The lowest BCUT2D eigenvalue weighted by molar-refractivity contribution is 0.272. The molecule has 0 saturated carbocycles. The highest BCUT2D eigenvalue weighted by Gasteiger charge is 2.31. The number of piperazine rings is 1. The lowest BCUT2D eigenvalue weighted by atomic mass is 10.0. The van der Waals surface area contributed by atoms with Crippen molar-refractivity contribution in [2.75, 3.05) is 29.4 Å². The topological polar surface area (TPSA) is 82.2 Å². The molecule has 0 amide bonds. The van der Waals surface area contributed by atoms with Crippen LogP contribution in [-0.4, -0.2) is 40.2 Å². The fraction of sp³-hybridized carbons (Fsp3) is 0.345. The summed E-state index contributed by atoms with van der Waals surface area (Å²) < 4.78 is 8.18. The third-order valence-electron chi connectivity index (χ3n) is 7.46. The molecule has 1 saturated heterocycles. The van der Waals surface area contributed by atoms with Gasteiger partial charge in [-0.3, -0.25) is 0 Å². The Morgan fingerprint density at radius 1 is 1.08 bits per heavy atom. The molecule has 4 aromatic rings. The van der Waals surface area contributed by atoms with E-state index >= 15 is 0 Å². The molecule has 8 heteroatoms. The van der Waals surface area contributed by atoms with E-state index in [9.17, 15) is 5.26 Å². The minimum absolute atomic E-state index is 0.121. The highest BCUT2D eigenvalue weighted by molar-refractivity contribution is 5.97. The van der Waals surface area contributed by atoms with Crippen molar-refractivity contribution in [3.8, 4) is 12.1 Å². The van der Waals surface area contributed by atoms with Gasteiger partial charge in [-0.25, -0.2) is 0 Å². The molecule has 2 aromatic carbocycles. The zero-order chi connectivity index (χ0) is 25.4. The first kappa shape index (κ1) is 23.3. The van der Waals surface area contributed by atoms with E-state index in [2.05, 4.69) is 64.5 Å². The van der Waals surface area contributed by atoms with Gasteiger partial charge < -0.3 is 24.4 Å². The molecule has 2 aliphatic heterocycles. The van der Waals surface area contributed by atoms with Gasteiger partial charge in [-0.2, -0.15) is 15.2 Å². The van der Waals surface area contributed by atoms with Crippen LogP contribution >= 0.6 is 0 Å². The molecule has 1 N–H and O–H groups in total. The highest BCUT2D eigenvalue weighted by Crippen LogP contribution is 2.38. The van der Waals surface area contributed by atoms with Crippen molar-refractivity contribution in [2.24, 2.45) is 7.05 Å². The van der Waals surface area contributed by atoms with Crippen LogP contribution in [0.1, 0.15) is 28.9 Å². The second kappa shape index (κ2) is 9.75. The molecule has 1 fully saturated rings. The fourth-order valence-electron chi connectivity index (χ4n) is 5.53. The Kier molecular flexibility index (Phi) is 6.15. The van der Waals surface area contributed by atoms with E-state index in [1.54, 1.807) is 0 Å². The van der Waals surface area contributed by atoms with Crippen molar-refractivity contribution in [1.82, 2.24) is 19.9 Å². The number of nitriles is 1. The average molecular weight is 494 g/mol. The lowest BCUT2D eigenvalue weighted by Crippen LogP contribution is -2.51. The predicted molar refractivity (Wildman–Crippen MR) is 145 cm³/mol. The number of hydrogen-bond acceptors (Lipinski definition) is 7. The minimum Gasteiger partial charge on any atom is -0.457 e. The van der Waals surface area contributed by atoms with E-state index in [1.807, 2.05) is 29.9 Å². The number of nitrogens with one attached hydrogen (secondary N) is 1. The second-order valence-electron chi connectivity index (χ2n) is 9.92. The van der Waals surface area contributed by atoms with Crippen LogP contribution in [0.4, 0.5) is 11.5 Å². The quantitative estimate of drug-likeness (QED) is 0.434. The summed E-state index contributed by atoms with van der Waals surface area (Å²) in [6, 6.07) is 19.8. The Bertz CT molecular complexity index is 1480. The van der Waals surface area contributed by atoms with Gasteiger partial charge in [0.2, 0.25) is 0 Å². The number of benzene rings is 2. The Hall–Kier alpha value is -4.09. The van der Waals surface area contributed by atoms with Gasteiger partial charge in [0.1, 0.15) is 12.4 Å². The molecular formula is C29H31N7O. The number of fused-ring (bicyclic) bond motifs is 2. The lowest BCUT2D eigenvalue weighted by Gasteiger charge is -2.34. The molecule has 0 unspecified atom stereocenters. The SMILES string of the molecule is Cc1cccc2cccc(N3Cc4nc(OCc5cccn5C)nc(N5CCN[C@@H](CC#N)C5)c4C3)c12. The Balaban J connectivity index is 1.36. The van der Waals surface area contributed by atoms with Crippen LogP contribution in [0.5, 0.6) is 6.01 Å². The number of anilines is 2. The van der Waals surface area contributed by atoms with E-state index in [-0.39, 0.29) is 6.04 Å². The third kappa shape index (κ3) is 4.47. The summed E-state index contributed by atoms with van der Waals surface area (Å²) in [6.45, 7) is 6.41. The summed E-state index contributed by atoms with van der Waals surface area (Å²) in [5, 5.41) is 15.2. The second-order valence-corrected chi connectivity index (χ2v) is 9.92. The zero-order valence-corrected chi connectivity index (χ0v) is 21.3. The molecule has 4 heterocycles. The molecule has 0 spiro atoms. The first-order valence-electron chi connectivity index (χ1n) is 12.8. The summed E-state index contributed by atoms with van der Waals surface area (Å²) in [4.78, 5) is 14.5. The molecule has 6 rings (SSSR count). The monoisotopic (exact) mass is 493 g/mol. The molecular weight excluding hydrogens is 462 g/mol. The standard InChI is InChI=1S/C29H31N7O/c1-20-6-3-7-21-8-4-10-26(27(20)21)36-17-24-25(18-36)32-29(37-19-23-9-5-14-34(23)2)33-28(24)35-15-13-31-22(16-35)11-12-30/h3-10,14,22,31H,11,13,15-19H2,1-2H3/t22-/m0/s1. The smallest absolute Gasteiger partial charge is 0.319 e. The van der Waals surface area contributed by atoms with Gasteiger partial charge in [-0.05, 0) is 36.1 Å². The van der Waals surface area contributed by atoms with E-state index in [4.69, 9.17) is 14.7 Å². The van der Waals surface area contributed by atoms with E-state index in [0.29, 0.717) is 25.6 Å².